The second-order valence-electron chi connectivity index (χ2n) is 10.8. The number of hydrogen-bond acceptors (Lipinski definition) is 6. The minimum absolute atomic E-state index is 0.0420. The van der Waals surface area contributed by atoms with E-state index in [1.165, 1.54) is 5.56 Å². The van der Waals surface area contributed by atoms with Gasteiger partial charge in [-0.15, -0.1) is 10.2 Å². The first kappa shape index (κ1) is 31.2. The number of benzene rings is 3. The van der Waals surface area contributed by atoms with Gasteiger partial charge in [-0.25, -0.2) is 0 Å². The van der Waals surface area contributed by atoms with Gasteiger partial charge >= 0.3 is 0 Å². The number of rotatable bonds is 11. The molecule has 0 saturated carbocycles. The van der Waals surface area contributed by atoms with Crippen LogP contribution in [-0.4, -0.2) is 95.6 Å². The zero-order valence-corrected chi connectivity index (χ0v) is 26.2. The van der Waals surface area contributed by atoms with E-state index in [2.05, 4.69) is 70.2 Å². The number of carbonyl (C=O) groups is 2. The summed E-state index contributed by atoms with van der Waals surface area (Å²) in [7, 11) is 0. The Morgan fingerprint density at radius 2 is 1.36 bits per heavy atom. The highest BCUT2D eigenvalue weighted by Crippen LogP contribution is 2.24. The summed E-state index contributed by atoms with van der Waals surface area (Å²) in [5.74, 6) is 0.582. The number of aromatic nitrogens is 2. The van der Waals surface area contributed by atoms with Gasteiger partial charge in [-0.05, 0) is 60.6 Å². The molecule has 0 aliphatic carbocycles. The highest BCUT2D eigenvalue weighted by atomic mass is 35.5. The average molecular weight is 611 g/mol. The van der Waals surface area contributed by atoms with Gasteiger partial charge < -0.3 is 19.6 Å². The SMILES string of the molecule is CCN(CC)CCN(CC(=O)N1CCN(c2ccc(-c3ccc(-c4ccccc4)cc3)nn2)CC1)C(=O)c1ccc(Cl)cc1. The fourth-order valence-electron chi connectivity index (χ4n) is 5.39. The molecule has 1 saturated heterocycles. The predicted molar refractivity (Wildman–Crippen MR) is 177 cm³/mol. The van der Waals surface area contributed by atoms with Crippen molar-refractivity contribution in [2.24, 2.45) is 0 Å². The molecule has 0 unspecified atom stereocenters. The summed E-state index contributed by atoms with van der Waals surface area (Å²) in [4.78, 5) is 34.7. The molecule has 1 aromatic heterocycles. The molecule has 1 aliphatic rings. The summed E-state index contributed by atoms with van der Waals surface area (Å²) in [6.45, 7) is 9.61. The molecule has 4 aromatic rings. The molecule has 9 heteroatoms. The van der Waals surface area contributed by atoms with E-state index in [0.717, 1.165) is 35.7 Å². The maximum Gasteiger partial charge on any atom is 0.254 e. The number of halogens is 1. The number of anilines is 1. The Morgan fingerprint density at radius 3 is 1.98 bits per heavy atom. The highest BCUT2D eigenvalue weighted by Gasteiger charge is 2.26. The molecule has 0 N–H and O–H groups in total. The van der Waals surface area contributed by atoms with Crippen molar-refractivity contribution in [1.29, 1.82) is 0 Å². The molecule has 0 radical (unpaired) electrons. The second-order valence-corrected chi connectivity index (χ2v) is 11.3. The minimum Gasteiger partial charge on any atom is -0.352 e. The molecule has 5 rings (SSSR count). The van der Waals surface area contributed by atoms with Gasteiger partial charge in [0.15, 0.2) is 5.82 Å². The molecule has 1 fully saturated rings. The summed E-state index contributed by atoms with van der Waals surface area (Å²) in [6.07, 6.45) is 0. The first-order valence-electron chi connectivity index (χ1n) is 15.2. The first-order chi connectivity index (χ1) is 21.4. The molecule has 228 valence electrons. The van der Waals surface area contributed by atoms with Gasteiger partial charge in [0.05, 0.1) is 5.69 Å². The van der Waals surface area contributed by atoms with E-state index in [9.17, 15) is 9.59 Å². The van der Waals surface area contributed by atoms with Crippen molar-refractivity contribution in [1.82, 2.24) is 24.9 Å². The summed E-state index contributed by atoms with van der Waals surface area (Å²) in [5, 5.41) is 9.57. The molecule has 0 atom stereocenters. The van der Waals surface area contributed by atoms with Gasteiger partial charge in [-0.3, -0.25) is 9.59 Å². The Morgan fingerprint density at radius 1 is 0.727 bits per heavy atom. The van der Waals surface area contributed by atoms with Gasteiger partial charge in [-0.1, -0.05) is 80.0 Å². The lowest BCUT2D eigenvalue weighted by molar-refractivity contribution is -0.132. The molecular formula is C35H39ClN6O2. The third kappa shape index (κ3) is 7.81. The maximum absolute atomic E-state index is 13.4. The lowest BCUT2D eigenvalue weighted by Crippen LogP contribution is -2.52. The van der Waals surface area contributed by atoms with E-state index in [4.69, 9.17) is 11.6 Å². The van der Waals surface area contributed by atoms with Crippen molar-refractivity contribution in [2.45, 2.75) is 13.8 Å². The van der Waals surface area contributed by atoms with Crippen LogP contribution >= 0.6 is 11.6 Å². The molecule has 2 amide bonds. The Hall–Kier alpha value is -4.27. The fourth-order valence-corrected chi connectivity index (χ4v) is 5.52. The van der Waals surface area contributed by atoms with Crippen molar-refractivity contribution >= 4 is 29.2 Å². The van der Waals surface area contributed by atoms with E-state index in [1.807, 2.05) is 35.2 Å². The van der Waals surface area contributed by atoms with Crippen LogP contribution in [-0.2, 0) is 4.79 Å². The molecule has 0 spiro atoms. The van der Waals surface area contributed by atoms with Gasteiger partial charge in [0.2, 0.25) is 5.91 Å². The van der Waals surface area contributed by atoms with Gasteiger partial charge in [-0.2, -0.15) is 0 Å². The van der Waals surface area contributed by atoms with E-state index in [0.29, 0.717) is 49.9 Å². The zero-order chi connectivity index (χ0) is 30.9. The number of piperazine rings is 1. The van der Waals surface area contributed by atoms with E-state index >= 15 is 0 Å². The molecule has 8 nitrogen and oxygen atoms in total. The molecular weight excluding hydrogens is 572 g/mol. The van der Waals surface area contributed by atoms with E-state index in [-0.39, 0.29) is 18.4 Å². The number of nitrogens with zero attached hydrogens (tertiary/aromatic N) is 6. The number of hydrogen-bond donors (Lipinski definition) is 0. The lowest BCUT2D eigenvalue weighted by Gasteiger charge is -2.36. The zero-order valence-electron chi connectivity index (χ0n) is 25.4. The lowest BCUT2D eigenvalue weighted by atomic mass is 10.0. The topological polar surface area (TPSA) is 72.9 Å². The van der Waals surface area contributed by atoms with Crippen LogP contribution in [0.3, 0.4) is 0 Å². The standard InChI is InChI=1S/C35H39ClN6O2/c1-3-39(4-2)20-21-42(35(44)30-14-16-31(36)17-15-30)26-34(43)41-24-22-40(23-25-41)33-19-18-32(37-38-33)29-12-10-28(11-13-29)27-8-6-5-7-9-27/h5-19H,3-4,20-26H2,1-2H3. The van der Waals surface area contributed by atoms with E-state index < -0.39 is 0 Å². The number of likely N-dealkylation sites (N-methyl/N-ethyl adjacent to an activating group) is 1. The normalized spacial score (nSPS) is 13.3. The average Bonchev–Trinajstić information content (AvgIpc) is 3.09. The first-order valence-corrected chi connectivity index (χ1v) is 15.6. The monoisotopic (exact) mass is 610 g/mol. The highest BCUT2D eigenvalue weighted by molar-refractivity contribution is 6.30. The van der Waals surface area contributed by atoms with Crippen molar-refractivity contribution in [3.8, 4) is 22.4 Å². The predicted octanol–water partition coefficient (Wildman–Crippen LogP) is 5.60. The third-order valence-electron chi connectivity index (χ3n) is 8.18. The maximum atomic E-state index is 13.4. The van der Waals surface area contributed by atoms with Crippen molar-refractivity contribution < 1.29 is 9.59 Å². The summed E-state index contributed by atoms with van der Waals surface area (Å²) >= 11 is 6.03. The van der Waals surface area contributed by atoms with Crippen LogP contribution < -0.4 is 4.90 Å². The van der Waals surface area contributed by atoms with Crippen molar-refractivity contribution in [2.75, 3.05) is 63.8 Å². The molecule has 3 aromatic carbocycles. The van der Waals surface area contributed by atoms with Crippen molar-refractivity contribution in [3.05, 3.63) is 102 Å². The van der Waals surface area contributed by atoms with Crippen LogP contribution in [0.4, 0.5) is 5.82 Å². The van der Waals surface area contributed by atoms with E-state index in [1.54, 1.807) is 29.2 Å². The number of carbonyl (C=O) groups excluding carboxylic acids is 2. The quantitative estimate of drug-likeness (QED) is 0.220. The van der Waals surface area contributed by atoms with Crippen LogP contribution in [0.15, 0.2) is 91.0 Å². The van der Waals surface area contributed by atoms with Crippen LogP contribution in [0.5, 0.6) is 0 Å². The van der Waals surface area contributed by atoms with Gasteiger partial charge in [0.25, 0.3) is 5.91 Å². The summed E-state index contributed by atoms with van der Waals surface area (Å²) in [5.41, 5.74) is 4.70. The Balaban J connectivity index is 1.17. The third-order valence-corrected chi connectivity index (χ3v) is 8.43. The van der Waals surface area contributed by atoms with Crippen LogP contribution in [0.25, 0.3) is 22.4 Å². The fraction of sp³-hybridized carbons (Fsp3) is 0.314. The van der Waals surface area contributed by atoms with Crippen LogP contribution in [0, 0.1) is 0 Å². The molecule has 2 heterocycles. The van der Waals surface area contributed by atoms with Gasteiger partial charge in [0, 0.05) is 55.4 Å². The number of amides is 2. The Bertz CT molecular complexity index is 1500. The Kier molecular flexibility index (Phi) is 10.6. The van der Waals surface area contributed by atoms with Crippen LogP contribution in [0.1, 0.15) is 24.2 Å². The largest absolute Gasteiger partial charge is 0.352 e. The Labute approximate surface area is 264 Å². The second kappa shape index (κ2) is 14.9. The smallest absolute Gasteiger partial charge is 0.254 e. The molecule has 44 heavy (non-hydrogen) atoms. The molecule has 0 bridgehead atoms. The minimum atomic E-state index is -0.161. The van der Waals surface area contributed by atoms with Crippen molar-refractivity contribution in [3.63, 3.8) is 0 Å². The summed E-state index contributed by atoms with van der Waals surface area (Å²) < 4.78 is 0. The van der Waals surface area contributed by atoms with Crippen LogP contribution in [0.2, 0.25) is 5.02 Å². The molecule has 1 aliphatic heterocycles. The summed E-state index contributed by atoms with van der Waals surface area (Å²) in [6, 6.07) is 29.4. The van der Waals surface area contributed by atoms with Gasteiger partial charge in [0.1, 0.15) is 6.54 Å².